The van der Waals surface area contributed by atoms with E-state index in [1.54, 1.807) is 6.07 Å². The maximum absolute atomic E-state index is 13.1. The number of carbonyl (C=O) groups is 2. The van der Waals surface area contributed by atoms with Crippen LogP contribution in [-0.4, -0.2) is 25.2 Å². The highest BCUT2D eigenvalue weighted by atomic mass is 19.4. The normalized spacial score (nSPS) is 14.2. The summed E-state index contributed by atoms with van der Waals surface area (Å²) in [6.07, 6.45) is -4.84. The largest absolute Gasteiger partial charge is 0.468 e. The molecule has 110 valence electrons. The Morgan fingerprint density at radius 3 is 2.15 bits per heavy atom. The minimum atomic E-state index is -4.84. The van der Waals surface area contributed by atoms with Crippen molar-refractivity contribution in [2.24, 2.45) is 5.92 Å². The van der Waals surface area contributed by atoms with Crippen LogP contribution >= 0.6 is 0 Å². The van der Waals surface area contributed by atoms with E-state index in [4.69, 9.17) is 0 Å². The van der Waals surface area contributed by atoms with Gasteiger partial charge in [0, 0.05) is 6.92 Å². The zero-order valence-corrected chi connectivity index (χ0v) is 10.9. The maximum Gasteiger partial charge on any atom is 0.404 e. The number of hydrogen-bond acceptors (Lipinski definition) is 3. The fraction of sp³-hybridized carbons (Fsp3) is 0.385. The van der Waals surface area contributed by atoms with Crippen LogP contribution < -0.4 is 5.32 Å². The van der Waals surface area contributed by atoms with Gasteiger partial charge in [0.05, 0.1) is 13.2 Å². The predicted molar refractivity (Wildman–Crippen MR) is 64.6 cm³/mol. The van der Waals surface area contributed by atoms with Gasteiger partial charge in [0.2, 0.25) is 5.91 Å². The summed E-state index contributed by atoms with van der Waals surface area (Å²) in [7, 11) is 0.872. The first-order valence-corrected chi connectivity index (χ1v) is 5.74. The van der Waals surface area contributed by atoms with E-state index in [0.29, 0.717) is 0 Å². The van der Waals surface area contributed by atoms with E-state index in [1.165, 1.54) is 24.3 Å². The minimum Gasteiger partial charge on any atom is -0.468 e. The molecule has 2 atom stereocenters. The zero-order chi connectivity index (χ0) is 15.3. The molecule has 0 aliphatic rings. The van der Waals surface area contributed by atoms with Gasteiger partial charge in [-0.15, -0.1) is 0 Å². The first-order chi connectivity index (χ1) is 9.27. The number of hydrogen-bond donors (Lipinski definition) is 1. The molecule has 2 unspecified atom stereocenters. The van der Waals surface area contributed by atoms with E-state index >= 15 is 0 Å². The molecule has 20 heavy (non-hydrogen) atoms. The number of rotatable bonds is 4. The second-order valence-electron chi connectivity index (χ2n) is 4.13. The van der Waals surface area contributed by atoms with Crippen molar-refractivity contribution in [2.75, 3.05) is 7.11 Å². The molecule has 0 aliphatic carbocycles. The third-order valence-corrected chi connectivity index (χ3v) is 2.66. The highest BCUT2D eigenvalue weighted by molar-refractivity contribution is 5.78. The van der Waals surface area contributed by atoms with Crippen LogP contribution in [0.15, 0.2) is 30.3 Å². The molecule has 0 radical (unpaired) electrons. The smallest absolute Gasteiger partial charge is 0.404 e. The van der Waals surface area contributed by atoms with Gasteiger partial charge in [-0.2, -0.15) is 13.2 Å². The van der Waals surface area contributed by atoms with Gasteiger partial charge in [0.15, 0.2) is 5.92 Å². The lowest BCUT2D eigenvalue weighted by molar-refractivity contribution is -0.201. The monoisotopic (exact) mass is 289 g/mol. The Kier molecular flexibility index (Phi) is 5.12. The third kappa shape index (κ3) is 3.97. The molecule has 1 rings (SSSR count). The second kappa shape index (κ2) is 6.40. The summed E-state index contributed by atoms with van der Waals surface area (Å²) in [6.45, 7) is 1.08. The molecule has 0 spiro atoms. The number of esters is 1. The molecule has 0 aliphatic heterocycles. The van der Waals surface area contributed by atoms with Crippen molar-refractivity contribution in [3.63, 3.8) is 0 Å². The Morgan fingerprint density at radius 2 is 1.75 bits per heavy atom. The Balaban J connectivity index is 3.25. The highest BCUT2D eigenvalue weighted by Crippen LogP contribution is 2.37. The van der Waals surface area contributed by atoms with Gasteiger partial charge in [-0.05, 0) is 5.56 Å². The molecule has 1 aromatic carbocycles. The topological polar surface area (TPSA) is 55.4 Å². The van der Waals surface area contributed by atoms with E-state index < -0.39 is 30.0 Å². The second-order valence-corrected chi connectivity index (χ2v) is 4.13. The van der Waals surface area contributed by atoms with Gasteiger partial charge < -0.3 is 10.1 Å². The van der Waals surface area contributed by atoms with Crippen LogP contribution in [-0.2, 0) is 14.3 Å². The summed E-state index contributed by atoms with van der Waals surface area (Å²) in [4.78, 5) is 22.6. The van der Waals surface area contributed by atoms with Crippen LogP contribution in [0.3, 0.4) is 0 Å². The Labute approximate surface area is 113 Å². The van der Waals surface area contributed by atoms with Crippen molar-refractivity contribution in [1.82, 2.24) is 5.32 Å². The standard InChI is InChI=1S/C13H14F3NO3/c1-8(18)17-11(9-6-4-3-5-7-9)10(12(19)20-2)13(14,15)16/h3-7,10-11H,1-2H3,(H,17,18). The number of alkyl halides is 3. The van der Waals surface area contributed by atoms with Gasteiger partial charge in [-0.25, -0.2) is 0 Å². The molecule has 0 fully saturated rings. The summed E-state index contributed by atoms with van der Waals surface area (Å²) in [5.41, 5.74) is 0.176. The highest BCUT2D eigenvalue weighted by Gasteiger charge is 2.51. The average molecular weight is 289 g/mol. The number of benzene rings is 1. The predicted octanol–water partition coefficient (Wildman–Crippen LogP) is 2.22. The van der Waals surface area contributed by atoms with Crippen molar-refractivity contribution in [3.05, 3.63) is 35.9 Å². The van der Waals surface area contributed by atoms with E-state index in [-0.39, 0.29) is 5.56 Å². The van der Waals surface area contributed by atoms with Gasteiger partial charge in [-0.3, -0.25) is 9.59 Å². The summed E-state index contributed by atoms with van der Waals surface area (Å²) < 4.78 is 43.5. The molecular formula is C13H14F3NO3. The maximum atomic E-state index is 13.1. The summed E-state index contributed by atoms with van der Waals surface area (Å²) in [5.74, 6) is -4.57. The molecule has 0 bridgehead atoms. The first-order valence-electron chi connectivity index (χ1n) is 5.74. The Bertz CT molecular complexity index is 473. The Morgan fingerprint density at radius 1 is 1.20 bits per heavy atom. The third-order valence-electron chi connectivity index (χ3n) is 2.66. The molecule has 1 N–H and O–H groups in total. The molecule has 0 saturated heterocycles. The van der Waals surface area contributed by atoms with Crippen molar-refractivity contribution >= 4 is 11.9 Å². The molecular weight excluding hydrogens is 275 g/mol. The lowest BCUT2D eigenvalue weighted by atomic mass is 9.92. The van der Waals surface area contributed by atoms with Crippen LogP contribution in [0.1, 0.15) is 18.5 Å². The number of methoxy groups -OCH3 is 1. The first kappa shape index (κ1) is 16.0. The van der Waals surface area contributed by atoms with E-state index in [9.17, 15) is 22.8 Å². The molecule has 7 heteroatoms. The van der Waals surface area contributed by atoms with Crippen molar-refractivity contribution in [2.45, 2.75) is 19.1 Å². The molecule has 0 heterocycles. The minimum absolute atomic E-state index is 0.176. The van der Waals surface area contributed by atoms with Gasteiger partial charge in [0.1, 0.15) is 0 Å². The van der Waals surface area contributed by atoms with Crippen molar-refractivity contribution < 1.29 is 27.5 Å². The molecule has 1 aromatic rings. The molecule has 0 aromatic heterocycles. The van der Waals surface area contributed by atoms with Crippen LogP contribution in [0.2, 0.25) is 0 Å². The average Bonchev–Trinajstić information content (AvgIpc) is 2.36. The number of nitrogens with one attached hydrogen (secondary N) is 1. The fourth-order valence-electron chi connectivity index (χ4n) is 1.82. The van der Waals surface area contributed by atoms with E-state index in [1.807, 2.05) is 0 Å². The van der Waals surface area contributed by atoms with Crippen molar-refractivity contribution in [1.29, 1.82) is 0 Å². The van der Waals surface area contributed by atoms with E-state index in [0.717, 1.165) is 14.0 Å². The van der Waals surface area contributed by atoms with Crippen LogP contribution in [0.5, 0.6) is 0 Å². The lowest BCUT2D eigenvalue weighted by Gasteiger charge is -2.27. The summed E-state index contributed by atoms with van der Waals surface area (Å²) in [6, 6.07) is 5.95. The van der Waals surface area contributed by atoms with Crippen LogP contribution in [0.4, 0.5) is 13.2 Å². The number of carbonyl (C=O) groups excluding carboxylic acids is 2. The molecule has 4 nitrogen and oxygen atoms in total. The zero-order valence-electron chi connectivity index (χ0n) is 10.9. The van der Waals surface area contributed by atoms with Crippen LogP contribution in [0.25, 0.3) is 0 Å². The molecule has 0 saturated carbocycles. The number of ether oxygens (including phenoxy) is 1. The van der Waals surface area contributed by atoms with Crippen LogP contribution in [0, 0.1) is 5.92 Å². The number of amides is 1. The summed E-state index contributed by atoms with van der Waals surface area (Å²) in [5, 5.41) is 2.16. The quantitative estimate of drug-likeness (QED) is 0.865. The Hall–Kier alpha value is -2.05. The summed E-state index contributed by atoms with van der Waals surface area (Å²) >= 11 is 0. The fourth-order valence-corrected chi connectivity index (χ4v) is 1.82. The van der Waals surface area contributed by atoms with Gasteiger partial charge in [-0.1, -0.05) is 30.3 Å². The van der Waals surface area contributed by atoms with Gasteiger partial charge in [0.25, 0.3) is 0 Å². The van der Waals surface area contributed by atoms with Crippen molar-refractivity contribution in [3.8, 4) is 0 Å². The molecule has 1 amide bonds. The SMILES string of the molecule is COC(=O)C(C(NC(C)=O)c1ccccc1)C(F)(F)F. The number of halogens is 3. The van der Waals surface area contributed by atoms with Gasteiger partial charge >= 0.3 is 12.1 Å². The van der Waals surface area contributed by atoms with E-state index in [2.05, 4.69) is 10.1 Å². The lowest BCUT2D eigenvalue weighted by Crippen LogP contribution is -2.44.